The van der Waals surface area contributed by atoms with Crippen LogP contribution in [0.25, 0.3) is 0 Å². The highest BCUT2D eigenvalue weighted by molar-refractivity contribution is 5.83. The van der Waals surface area contributed by atoms with Crippen LogP contribution in [0.15, 0.2) is 48.5 Å². The Morgan fingerprint density at radius 3 is 1.94 bits per heavy atom. The van der Waals surface area contributed by atoms with Crippen LogP contribution in [-0.4, -0.2) is 112 Å². The molecule has 0 aliphatic carbocycles. The minimum Gasteiger partial charge on any atom is -0.479 e. The third kappa shape index (κ3) is 13.1. The standard InChI is InChI=1S/C27H32F4N2O4.C4H6O6/c28-22-6-2-21(3-7-22)19-33(25(34)18-20-4-8-24(9-5-20)37-27(29,30)31)23-10-13-32(14-11-23)15-12-26-35-16-1-17-36-26;5-1(3(7)8)2(6)4(9)10/h2-9,23,26H,1,10-19H2;1-2,5-6H,(H,7,8)(H,9,10). The molecule has 2 unspecified atom stereocenters. The van der Waals surface area contributed by atoms with Gasteiger partial charge in [-0.05, 0) is 54.7 Å². The molecule has 47 heavy (non-hydrogen) atoms. The van der Waals surface area contributed by atoms with Gasteiger partial charge >= 0.3 is 18.3 Å². The molecule has 2 aromatic rings. The molecular formula is C31H38F4N2O10. The Morgan fingerprint density at radius 2 is 1.43 bits per heavy atom. The monoisotopic (exact) mass is 674 g/mol. The molecule has 12 nitrogen and oxygen atoms in total. The van der Waals surface area contributed by atoms with Crippen molar-refractivity contribution < 1.29 is 66.6 Å². The fraction of sp³-hybridized carbons (Fsp3) is 0.516. The van der Waals surface area contributed by atoms with Crippen LogP contribution in [0.3, 0.4) is 0 Å². The van der Waals surface area contributed by atoms with Crippen molar-refractivity contribution in [2.45, 2.75) is 69.6 Å². The molecule has 0 radical (unpaired) electrons. The summed E-state index contributed by atoms with van der Waals surface area (Å²) in [5, 5.41) is 32.5. The Hall–Kier alpha value is -3.83. The number of nitrogens with zero attached hydrogens (tertiary/aromatic N) is 2. The molecule has 2 aliphatic rings. The number of alkyl halides is 3. The van der Waals surface area contributed by atoms with Crippen LogP contribution in [0, 0.1) is 5.82 Å². The molecule has 2 heterocycles. The van der Waals surface area contributed by atoms with Gasteiger partial charge in [-0.2, -0.15) is 0 Å². The average Bonchev–Trinajstić information content (AvgIpc) is 3.04. The van der Waals surface area contributed by atoms with Crippen molar-refractivity contribution in [2.75, 3.05) is 32.8 Å². The fourth-order valence-corrected chi connectivity index (χ4v) is 5.01. The summed E-state index contributed by atoms with van der Waals surface area (Å²) in [7, 11) is 0. The van der Waals surface area contributed by atoms with E-state index >= 15 is 0 Å². The zero-order valence-corrected chi connectivity index (χ0v) is 25.4. The lowest BCUT2D eigenvalue weighted by atomic mass is 10.0. The van der Waals surface area contributed by atoms with Crippen molar-refractivity contribution in [1.29, 1.82) is 0 Å². The summed E-state index contributed by atoms with van der Waals surface area (Å²) in [4.78, 5) is 37.1. The van der Waals surface area contributed by atoms with Gasteiger partial charge in [0.05, 0.1) is 19.6 Å². The van der Waals surface area contributed by atoms with Gasteiger partial charge in [0.1, 0.15) is 11.6 Å². The summed E-state index contributed by atoms with van der Waals surface area (Å²) in [6.45, 7) is 4.30. The highest BCUT2D eigenvalue weighted by Gasteiger charge is 2.32. The number of hydrogen-bond acceptors (Lipinski definition) is 9. The Labute approximate surface area is 268 Å². The number of piperidine rings is 1. The first-order chi connectivity index (χ1) is 22.2. The van der Waals surface area contributed by atoms with Crippen molar-refractivity contribution in [3.8, 4) is 5.75 Å². The summed E-state index contributed by atoms with van der Waals surface area (Å²) < 4.78 is 65.9. The van der Waals surface area contributed by atoms with Crippen LogP contribution in [0.2, 0.25) is 0 Å². The molecule has 2 aromatic carbocycles. The summed E-state index contributed by atoms with van der Waals surface area (Å²) in [6.07, 6.45) is -6.11. The number of halogens is 4. The maximum Gasteiger partial charge on any atom is 0.573 e. The molecule has 4 N–H and O–H groups in total. The van der Waals surface area contributed by atoms with Gasteiger partial charge in [-0.3, -0.25) is 4.79 Å². The Bertz CT molecular complexity index is 1260. The predicted molar refractivity (Wildman–Crippen MR) is 155 cm³/mol. The number of ether oxygens (including phenoxy) is 3. The Morgan fingerprint density at radius 1 is 0.894 bits per heavy atom. The third-order valence-corrected chi connectivity index (χ3v) is 7.48. The summed E-state index contributed by atoms with van der Waals surface area (Å²) in [6, 6.07) is 11.4. The highest BCUT2D eigenvalue weighted by atomic mass is 19.4. The molecule has 0 spiro atoms. The van der Waals surface area contributed by atoms with E-state index in [0.29, 0.717) is 12.1 Å². The highest BCUT2D eigenvalue weighted by Crippen LogP contribution is 2.25. The number of rotatable bonds is 12. The normalized spacial score (nSPS) is 17.6. The van der Waals surface area contributed by atoms with E-state index in [0.717, 1.165) is 64.1 Å². The van der Waals surface area contributed by atoms with Gasteiger partial charge in [-0.1, -0.05) is 24.3 Å². The molecular weight excluding hydrogens is 636 g/mol. The topological polar surface area (TPSA) is 166 Å². The molecule has 4 rings (SSSR count). The number of carboxylic acid groups (broad SMARTS) is 2. The van der Waals surface area contributed by atoms with Gasteiger partial charge in [-0.15, -0.1) is 13.2 Å². The summed E-state index contributed by atoms with van der Waals surface area (Å²) >= 11 is 0. The quantitative estimate of drug-likeness (QED) is 0.245. The van der Waals surface area contributed by atoms with Crippen LogP contribution in [0.1, 0.15) is 36.8 Å². The molecule has 16 heteroatoms. The lowest BCUT2D eigenvalue weighted by molar-refractivity contribution is -0.274. The van der Waals surface area contributed by atoms with Gasteiger partial charge in [0, 0.05) is 38.6 Å². The zero-order chi connectivity index (χ0) is 34.6. The second-order valence-electron chi connectivity index (χ2n) is 11.0. The molecule has 2 atom stereocenters. The molecule has 2 fully saturated rings. The first-order valence-electron chi connectivity index (χ1n) is 14.9. The van der Waals surface area contributed by atoms with Crippen LogP contribution in [0.5, 0.6) is 5.75 Å². The van der Waals surface area contributed by atoms with E-state index in [-0.39, 0.29) is 36.2 Å². The number of aliphatic carboxylic acids is 2. The molecule has 0 bridgehead atoms. The maximum absolute atomic E-state index is 13.4. The minimum atomic E-state index is -4.77. The van der Waals surface area contributed by atoms with E-state index in [9.17, 15) is 31.9 Å². The van der Waals surface area contributed by atoms with E-state index in [4.69, 9.17) is 29.9 Å². The number of carboxylic acids is 2. The minimum absolute atomic E-state index is 0.00354. The molecule has 260 valence electrons. The average molecular weight is 675 g/mol. The number of aliphatic hydroxyl groups is 2. The van der Waals surface area contributed by atoms with Crippen LogP contribution < -0.4 is 4.74 Å². The number of carbonyl (C=O) groups excluding carboxylic acids is 1. The number of amides is 1. The fourth-order valence-electron chi connectivity index (χ4n) is 5.01. The van der Waals surface area contributed by atoms with E-state index in [1.165, 1.54) is 36.4 Å². The van der Waals surface area contributed by atoms with Gasteiger partial charge in [-0.25, -0.2) is 14.0 Å². The molecule has 0 saturated carbocycles. The second-order valence-corrected chi connectivity index (χ2v) is 11.0. The molecule has 2 aliphatic heterocycles. The lowest BCUT2D eigenvalue weighted by Crippen LogP contribution is -2.48. The van der Waals surface area contributed by atoms with Crippen molar-refractivity contribution in [1.82, 2.24) is 9.80 Å². The van der Waals surface area contributed by atoms with E-state index in [1.54, 1.807) is 12.1 Å². The number of carbonyl (C=O) groups is 3. The predicted octanol–water partition coefficient (Wildman–Crippen LogP) is 2.79. The first kappa shape index (κ1) is 37.6. The number of likely N-dealkylation sites (tertiary alicyclic amines) is 1. The number of benzene rings is 2. The van der Waals surface area contributed by atoms with Crippen molar-refractivity contribution in [3.05, 3.63) is 65.5 Å². The SMILES string of the molecule is O=C(Cc1ccc(OC(F)(F)F)cc1)N(Cc1ccc(F)cc1)C1CCN(CCC2OCCCO2)CC1.O=C(O)C(O)C(O)C(=O)O. The van der Waals surface area contributed by atoms with Crippen LogP contribution in [-0.2, 0) is 36.8 Å². The largest absolute Gasteiger partial charge is 0.573 e. The zero-order valence-electron chi connectivity index (χ0n) is 25.4. The van der Waals surface area contributed by atoms with E-state index in [1.807, 2.05) is 4.90 Å². The lowest BCUT2D eigenvalue weighted by Gasteiger charge is -2.39. The van der Waals surface area contributed by atoms with Crippen molar-refractivity contribution >= 4 is 17.8 Å². The molecule has 2 saturated heterocycles. The first-order valence-corrected chi connectivity index (χ1v) is 14.9. The summed E-state index contributed by atoms with van der Waals surface area (Å²) in [5.41, 5.74) is 1.41. The van der Waals surface area contributed by atoms with Gasteiger partial charge in [0.2, 0.25) is 5.91 Å². The van der Waals surface area contributed by atoms with E-state index in [2.05, 4.69) is 9.64 Å². The van der Waals surface area contributed by atoms with Crippen molar-refractivity contribution in [3.63, 3.8) is 0 Å². The van der Waals surface area contributed by atoms with Crippen molar-refractivity contribution in [2.24, 2.45) is 0 Å². The van der Waals surface area contributed by atoms with Gasteiger partial charge in [0.15, 0.2) is 18.5 Å². The summed E-state index contributed by atoms with van der Waals surface area (Å²) in [5.74, 6) is -4.34. The third-order valence-electron chi connectivity index (χ3n) is 7.48. The maximum atomic E-state index is 13.4. The molecule has 0 aromatic heterocycles. The van der Waals surface area contributed by atoms with Gasteiger partial charge < -0.3 is 44.4 Å². The Kier molecular flexibility index (Phi) is 14.3. The second kappa shape index (κ2) is 17.9. The van der Waals surface area contributed by atoms with Crippen LogP contribution in [0.4, 0.5) is 17.6 Å². The number of hydrogen-bond donors (Lipinski definition) is 4. The molecule has 1 amide bonds. The smallest absolute Gasteiger partial charge is 0.479 e. The number of aliphatic hydroxyl groups excluding tert-OH is 2. The van der Waals surface area contributed by atoms with E-state index < -0.39 is 30.5 Å². The van der Waals surface area contributed by atoms with Gasteiger partial charge in [0.25, 0.3) is 0 Å². The van der Waals surface area contributed by atoms with Crippen LogP contribution >= 0.6 is 0 Å². The Balaban J connectivity index is 0.000000520.